The molecule has 4 bridgehead atoms. The van der Waals surface area contributed by atoms with E-state index in [0.717, 1.165) is 70.4 Å². The number of hydrogen-bond acceptors (Lipinski definition) is 3. The van der Waals surface area contributed by atoms with E-state index in [4.69, 9.17) is 0 Å². The zero-order valence-electron chi connectivity index (χ0n) is 17.3. The van der Waals surface area contributed by atoms with Crippen LogP contribution in [0, 0.1) is 24.2 Å². The highest BCUT2D eigenvalue weighted by Crippen LogP contribution is 2.65. The molecule has 2 N–H and O–H groups in total. The number of carbonyl (C=O) groups excluding carboxylic acids is 1. The van der Waals surface area contributed by atoms with E-state index in [-0.39, 0.29) is 10.8 Å². The van der Waals surface area contributed by atoms with Crippen LogP contribution in [0.15, 0.2) is 24.3 Å². The molecule has 6 rings (SSSR count). The number of nitrogens with zero attached hydrogens (tertiary/aromatic N) is 1. The number of rotatable bonds is 5. The van der Waals surface area contributed by atoms with Gasteiger partial charge in [-0.05, 0) is 68.3 Å². The summed E-state index contributed by atoms with van der Waals surface area (Å²) >= 11 is 0. The molecule has 2 unspecified atom stereocenters. The molecular weight excluding hydrogens is 346 g/mol. The Hall–Kier alpha value is -1.39. The van der Waals surface area contributed by atoms with Gasteiger partial charge in [0.2, 0.25) is 5.91 Å². The van der Waals surface area contributed by atoms with Crippen LogP contribution in [-0.4, -0.2) is 50.1 Å². The molecule has 2 atom stereocenters. The highest BCUT2D eigenvalue weighted by atomic mass is 16.2. The number of benzene rings is 1. The monoisotopic (exact) mass is 381 g/mol. The van der Waals surface area contributed by atoms with E-state index in [1.54, 1.807) is 0 Å². The Bertz CT molecular complexity index is 708. The summed E-state index contributed by atoms with van der Waals surface area (Å²) in [5, 5.41) is 6.76. The third kappa shape index (κ3) is 3.29. The summed E-state index contributed by atoms with van der Waals surface area (Å²) in [5.41, 5.74) is 2.95. The minimum absolute atomic E-state index is 0.113. The Balaban J connectivity index is 1.30. The fourth-order valence-electron chi connectivity index (χ4n) is 7.22. The van der Waals surface area contributed by atoms with Gasteiger partial charge < -0.3 is 10.6 Å². The molecule has 4 aliphatic carbocycles. The lowest BCUT2D eigenvalue weighted by Gasteiger charge is -2.61. The summed E-state index contributed by atoms with van der Waals surface area (Å²) in [6, 6.07) is 9.21. The molecule has 5 fully saturated rings. The topological polar surface area (TPSA) is 44.4 Å². The van der Waals surface area contributed by atoms with Crippen molar-refractivity contribution in [3.05, 3.63) is 35.4 Å². The van der Waals surface area contributed by atoms with Crippen molar-refractivity contribution in [2.75, 3.05) is 39.3 Å². The van der Waals surface area contributed by atoms with Gasteiger partial charge in [-0.15, -0.1) is 0 Å². The molecule has 1 aromatic carbocycles. The number of hydrogen-bond donors (Lipinski definition) is 2. The van der Waals surface area contributed by atoms with E-state index in [1.165, 1.54) is 30.4 Å². The Kier molecular flexibility index (Phi) is 4.75. The maximum atomic E-state index is 13.4. The average molecular weight is 382 g/mol. The first kappa shape index (κ1) is 18.6. The molecule has 0 spiro atoms. The maximum absolute atomic E-state index is 13.4. The first-order chi connectivity index (χ1) is 13.6. The molecule has 4 nitrogen and oxygen atoms in total. The molecule has 1 amide bonds. The van der Waals surface area contributed by atoms with Gasteiger partial charge in [-0.25, -0.2) is 0 Å². The lowest BCUT2D eigenvalue weighted by molar-refractivity contribution is -0.149. The highest BCUT2D eigenvalue weighted by molar-refractivity contribution is 5.83. The van der Waals surface area contributed by atoms with Crippen molar-refractivity contribution in [2.45, 2.75) is 50.9 Å². The minimum atomic E-state index is -0.113. The third-order valence-electron chi connectivity index (χ3n) is 8.13. The molecular formula is C24H35N3O. The van der Waals surface area contributed by atoms with E-state index < -0.39 is 0 Å². The van der Waals surface area contributed by atoms with Crippen LogP contribution in [0.4, 0.5) is 0 Å². The molecule has 5 aliphatic rings. The highest BCUT2D eigenvalue weighted by Gasteiger charge is 2.60. The Morgan fingerprint density at radius 3 is 2.46 bits per heavy atom. The van der Waals surface area contributed by atoms with Crippen molar-refractivity contribution in [2.24, 2.45) is 17.3 Å². The second-order valence-corrected chi connectivity index (χ2v) is 10.2. The SMILES string of the molecule is Cc1ccc(C23CC4CC(CC(C(=O)NCCN5CCNCC5)(C4)C2)C3)cc1. The van der Waals surface area contributed by atoms with Gasteiger partial charge in [-0.2, -0.15) is 0 Å². The second-order valence-electron chi connectivity index (χ2n) is 10.2. The molecule has 152 valence electrons. The van der Waals surface area contributed by atoms with Gasteiger partial charge in [-0.1, -0.05) is 29.8 Å². The van der Waals surface area contributed by atoms with E-state index in [0.29, 0.717) is 5.91 Å². The number of piperazine rings is 1. The van der Waals surface area contributed by atoms with Crippen molar-refractivity contribution in [1.82, 2.24) is 15.5 Å². The van der Waals surface area contributed by atoms with Gasteiger partial charge in [0, 0.05) is 39.3 Å². The third-order valence-corrected chi connectivity index (χ3v) is 8.13. The Morgan fingerprint density at radius 2 is 1.79 bits per heavy atom. The fraction of sp³-hybridized carbons (Fsp3) is 0.708. The summed E-state index contributed by atoms with van der Waals surface area (Å²) < 4.78 is 0. The second kappa shape index (κ2) is 7.14. The molecule has 1 saturated heterocycles. The van der Waals surface area contributed by atoms with Gasteiger partial charge in [0.1, 0.15) is 0 Å². The molecule has 1 aromatic rings. The van der Waals surface area contributed by atoms with Crippen LogP contribution in [-0.2, 0) is 10.2 Å². The smallest absolute Gasteiger partial charge is 0.226 e. The van der Waals surface area contributed by atoms with E-state index in [1.807, 2.05) is 0 Å². The summed E-state index contributed by atoms with van der Waals surface area (Å²) in [5.74, 6) is 1.83. The van der Waals surface area contributed by atoms with E-state index >= 15 is 0 Å². The average Bonchev–Trinajstić information content (AvgIpc) is 2.68. The molecule has 28 heavy (non-hydrogen) atoms. The number of nitrogens with one attached hydrogen (secondary N) is 2. The Labute approximate surface area is 169 Å². The molecule has 1 aliphatic heterocycles. The van der Waals surface area contributed by atoms with Gasteiger partial charge in [0.15, 0.2) is 0 Å². The van der Waals surface area contributed by atoms with E-state index in [2.05, 4.69) is 46.7 Å². The Morgan fingerprint density at radius 1 is 1.11 bits per heavy atom. The molecule has 1 heterocycles. The standard InChI is InChI=1S/C24H35N3O/c1-18-2-4-21(5-3-18)23-13-19-12-20(14-23)16-24(15-19,17-23)22(28)26-8-11-27-9-6-25-7-10-27/h2-5,19-20,25H,6-17H2,1H3,(H,26,28). The van der Waals surface area contributed by atoms with Crippen LogP contribution in [0.1, 0.15) is 49.7 Å². The van der Waals surface area contributed by atoms with Crippen molar-refractivity contribution in [3.8, 4) is 0 Å². The van der Waals surface area contributed by atoms with Crippen LogP contribution in [0.5, 0.6) is 0 Å². The maximum Gasteiger partial charge on any atom is 0.226 e. The first-order valence-electron chi connectivity index (χ1n) is 11.4. The predicted molar refractivity (Wildman–Crippen MR) is 112 cm³/mol. The lowest BCUT2D eigenvalue weighted by atomic mass is 9.42. The first-order valence-corrected chi connectivity index (χ1v) is 11.4. The van der Waals surface area contributed by atoms with E-state index in [9.17, 15) is 4.79 Å². The quantitative estimate of drug-likeness (QED) is 0.824. The van der Waals surface area contributed by atoms with Crippen molar-refractivity contribution >= 4 is 5.91 Å². The molecule has 0 aromatic heterocycles. The molecule has 0 radical (unpaired) electrons. The summed E-state index contributed by atoms with van der Waals surface area (Å²) in [7, 11) is 0. The molecule has 4 saturated carbocycles. The van der Waals surface area contributed by atoms with Crippen LogP contribution >= 0.6 is 0 Å². The minimum Gasteiger partial charge on any atom is -0.354 e. The zero-order chi connectivity index (χ0) is 19.2. The van der Waals surface area contributed by atoms with Crippen molar-refractivity contribution in [3.63, 3.8) is 0 Å². The summed E-state index contributed by atoms with van der Waals surface area (Å²) in [6.07, 6.45) is 7.25. The number of carbonyl (C=O) groups is 1. The summed E-state index contributed by atoms with van der Waals surface area (Å²) in [4.78, 5) is 15.9. The predicted octanol–water partition coefficient (Wildman–Crippen LogP) is 2.85. The number of aryl methyl sites for hydroxylation is 1. The van der Waals surface area contributed by atoms with Gasteiger partial charge in [0.25, 0.3) is 0 Å². The largest absolute Gasteiger partial charge is 0.354 e. The van der Waals surface area contributed by atoms with Gasteiger partial charge in [0.05, 0.1) is 5.41 Å². The lowest BCUT2D eigenvalue weighted by Crippen LogP contribution is -2.59. The van der Waals surface area contributed by atoms with Crippen molar-refractivity contribution in [1.29, 1.82) is 0 Å². The fourth-order valence-corrected chi connectivity index (χ4v) is 7.22. The van der Waals surface area contributed by atoms with Crippen LogP contribution in [0.25, 0.3) is 0 Å². The molecule has 4 heteroatoms. The van der Waals surface area contributed by atoms with Gasteiger partial charge in [-0.3, -0.25) is 9.69 Å². The van der Waals surface area contributed by atoms with Crippen molar-refractivity contribution < 1.29 is 4.79 Å². The van der Waals surface area contributed by atoms with Gasteiger partial charge >= 0.3 is 0 Å². The van der Waals surface area contributed by atoms with Crippen LogP contribution < -0.4 is 10.6 Å². The summed E-state index contributed by atoms with van der Waals surface area (Å²) in [6.45, 7) is 8.29. The van der Waals surface area contributed by atoms with Crippen LogP contribution in [0.2, 0.25) is 0 Å². The zero-order valence-corrected chi connectivity index (χ0v) is 17.3. The number of amides is 1. The normalized spacial score (nSPS) is 37.2. The van der Waals surface area contributed by atoms with Crippen LogP contribution in [0.3, 0.4) is 0 Å².